The van der Waals surface area contributed by atoms with Crippen molar-refractivity contribution in [1.29, 1.82) is 0 Å². The highest BCUT2D eigenvalue weighted by molar-refractivity contribution is 5.76. The summed E-state index contributed by atoms with van der Waals surface area (Å²) in [7, 11) is 0. The minimum atomic E-state index is -0.836. The Morgan fingerprint density at radius 1 is 0.354 bits per heavy atom. The second-order valence-corrected chi connectivity index (χ2v) is 21.1. The van der Waals surface area contributed by atoms with E-state index >= 15 is 0 Å². The number of aliphatic hydroxyl groups excluding tert-OH is 2. The predicted octanol–water partition coefficient (Wildman–Crippen LogP) is 20.1. The van der Waals surface area contributed by atoms with Crippen LogP contribution in [0.15, 0.2) is 12.2 Å². The Morgan fingerprint density at radius 2 is 0.569 bits per heavy atom. The van der Waals surface area contributed by atoms with Crippen LogP contribution >= 0.6 is 0 Å². The van der Waals surface area contributed by atoms with Gasteiger partial charge in [-0.1, -0.05) is 341 Å². The summed E-state index contributed by atoms with van der Waals surface area (Å²) < 4.78 is 0. The number of carbonyl (C=O) groups is 1. The summed E-state index contributed by atoms with van der Waals surface area (Å²) in [4.78, 5) is 12.5. The first kappa shape index (κ1) is 64.1. The van der Waals surface area contributed by atoms with E-state index in [1.165, 1.54) is 308 Å². The van der Waals surface area contributed by atoms with Crippen LogP contribution in [0.1, 0.15) is 354 Å². The highest BCUT2D eigenvalue weighted by Gasteiger charge is 2.18. The Hall–Kier alpha value is -0.870. The molecule has 0 aromatic carbocycles. The highest BCUT2D eigenvalue weighted by atomic mass is 16.3. The monoisotopic (exact) mass is 916 g/mol. The molecule has 4 heteroatoms. The fraction of sp³-hybridized carbons (Fsp3) is 0.951. The van der Waals surface area contributed by atoms with Gasteiger partial charge in [0, 0.05) is 6.42 Å². The van der Waals surface area contributed by atoms with Crippen molar-refractivity contribution in [3.05, 3.63) is 12.2 Å². The lowest BCUT2D eigenvalue weighted by Gasteiger charge is -2.20. The van der Waals surface area contributed by atoms with Gasteiger partial charge in [0.1, 0.15) is 0 Å². The van der Waals surface area contributed by atoms with Crippen LogP contribution in [-0.4, -0.2) is 34.9 Å². The van der Waals surface area contributed by atoms with Crippen molar-refractivity contribution in [3.8, 4) is 0 Å². The molecule has 0 saturated heterocycles. The SMILES string of the molecule is CCCCCCCCCCCCCCCCCCCC/C=C/C(O)C(CO)NC(=O)CCCCCCCCCCCCCCCCCCCCCCCCCCCCCCCCCCC. The molecule has 0 radical (unpaired) electrons. The molecule has 0 fully saturated rings. The van der Waals surface area contributed by atoms with Gasteiger partial charge in [0.05, 0.1) is 18.8 Å². The van der Waals surface area contributed by atoms with Gasteiger partial charge in [-0.3, -0.25) is 4.79 Å². The van der Waals surface area contributed by atoms with Crippen LogP contribution in [0.5, 0.6) is 0 Å². The third kappa shape index (κ3) is 53.9. The van der Waals surface area contributed by atoms with Crippen LogP contribution in [0.3, 0.4) is 0 Å². The Morgan fingerprint density at radius 3 is 0.800 bits per heavy atom. The Balaban J connectivity index is 3.40. The molecule has 0 aromatic heterocycles. The number of unbranched alkanes of at least 4 members (excludes halogenated alkanes) is 50. The summed E-state index contributed by atoms with van der Waals surface area (Å²) in [6.45, 7) is 4.36. The van der Waals surface area contributed by atoms with Gasteiger partial charge in [-0.2, -0.15) is 0 Å². The lowest BCUT2D eigenvalue weighted by atomic mass is 10.0. The van der Waals surface area contributed by atoms with Crippen LogP contribution in [-0.2, 0) is 4.79 Å². The third-order valence-electron chi connectivity index (χ3n) is 14.5. The van der Waals surface area contributed by atoms with Crippen LogP contribution < -0.4 is 5.32 Å². The number of nitrogens with one attached hydrogen (secondary N) is 1. The summed E-state index contributed by atoms with van der Waals surface area (Å²) in [6, 6.07) is -0.618. The molecule has 0 aliphatic heterocycles. The number of carbonyl (C=O) groups excluding carboxylic acids is 1. The minimum Gasteiger partial charge on any atom is -0.394 e. The van der Waals surface area contributed by atoms with Gasteiger partial charge < -0.3 is 15.5 Å². The van der Waals surface area contributed by atoms with E-state index in [0.717, 1.165) is 25.7 Å². The summed E-state index contributed by atoms with van der Waals surface area (Å²) in [5.74, 6) is -0.0549. The second-order valence-electron chi connectivity index (χ2n) is 21.1. The zero-order chi connectivity index (χ0) is 47.0. The van der Waals surface area contributed by atoms with Gasteiger partial charge in [0.2, 0.25) is 5.91 Å². The topological polar surface area (TPSA) is 69.6 Å². The molecule has 65 heavy (non-hydrogen) atoms. The van der Waals surface area contributed by atoms with Gasteiger partial charge >= 0.3 is 0 Å². The number of allylic oxidation sites excluding steroid dienone is 1. The Kier molecular flexibility index (Phi) is 56.7. The Labute approximate surface area is 409 Å². The molecule has 388 valence electrons. The molecule has 2 atom stereocenters. The average molecular weight is 917 g/mol. The fourth-order valence-corrected chi connectivity index (χ4v) is 9.89. The molecule has 4 nitrogen and oxygen atoms in total. The molecular weight excluding hydrogens is 795 g/mol. The van der Waals surface area contributed by atoms with Crippen LogP contribution in [0.25, 0.3) is 0 Å². The maximum Gasteiger partial charge on any atom is 0.220 e. The molecule has 0 rings (SSSR count). The van der Waals surface area contributed by atoms with Gasteiger partial charge in [0.25, 0.3) is 0 Å². The standard InChI is InChI=1S/C61H121NO3/c1-3-5-7-9-11-13-15-17-19-21-23-25-26-27-28-29-30-31-32-33-34-35-36-37-39-41-43-45-47-49-51-53-55-57-61(65)62-59(58-63)60(64)56-54-52-50-48-46-44-42-40-38-24-22-20-18-16-14-12-10-8-6-4-2/h54,56,59-60,63-64H,3-53,55,57-58H2,1-2H3,(H,62,65)/b56-54+. The van der Waals surface area contributed by atoms with E-state index < -0.39 is 12.1 Å². The van der Waals surface area contributed by atoms with Crippen molar-refractivity contribution in [2.75, 3.05) is 6.61 Å². The maximum absolute atomic E-state index is 12.5. The zero-order valence-electron chi connectivity index (χ0n) is 44.8. The highest BCUT2D eigenvalue weighted by Crippen LogP contribution is 2.19. The van der Waals surface area contributed by atoms with Crippen molar-refractivity contribution in [2.24, 2.45) is 0 Å². The quantitative estimate of drug-likeness (QED) is 0.0421. The van der Waals surface area contributed by atoms with E-state index in [1.54, 1.807) is 6.08 Å². The van der Waals surface area contributed by atoms with Crippen LogP contribution in [0.2, 0.25) is 0 Å². The van der Waals surface area contributed by atoms with Crippen LogP contribution in [0, 0.1) is 0 Å². The first-order valence-corrected chi connectivity index (χ1v) is 30.4. The minimum absolute atomic E-state index is 0.0549. The molecule has 0 heterocycles. The van der Waals surface area contributed by atoms with Crippen molar-refractivity contribution >= 4 is 5.91 Å². The van der Waals surface area contributed by atoms with Gasteiger partial charge in [0.15, 0.2) is 0 Å². The number of hydrogen-bond donors (Lipinski definition) is 3. The summed E-state index contributed by atoms with van der Waals surface area (Å²) in [6.07, 6.45) is 75.5. The molecular formula is C61H121NO3. The fourth-order valence-electron chi connectivity index (χ4n) is 9.89. The van der Waals surface area contributed by atoms with E-state index in [1.807, 2.05) is 6.08 Å². The molecule has 0 saturated carbocycles. The summed E-state index contributed by atoms with van der Waals surface area (Å²) in [5, 5.41) is 23.2. The molecule has 0 aromatic rings. The molecule has 3 N–H and O–H groups in total. The number of amides is 1. The zero-order valence-corrected chi connectivity index (χ0v) is 44.8. The van der Waals surface area contributed by atoms with E-state index in [9.17, 15) is 15.0 Å². The van der Waals surface area contributed by atoms with Crippen molar-refractivity contribution in [2.45, 2.75) is 366 Å². The molecule has 0 spiro atoms. The number of aliphatic hydroxyl groups is 2. The predicted molar refractivity (Wildman–Crippen MR) is 290 cm³/mol. The molecule has 2 unspecified atom stereocenters. The van der Waals surface area contributed by atoms with E-state index in [0.29, 0.717) is 6.42 Å². The third-order valence-corrected chi connectivity index (χ3v) is 14.5. The number of rotatable bonds is 57. The van der Waals surface area contributed by atoms with Gasteiger partial charge in [-0.05, 0) is 19.3 Å². The lowest BCUT2D eigenvalue weighted by molar-refractivity contribution is -0.123. The molecule has 1 amide bonds. The smallest absolute Gasteiger partial charge is 0.220 e. The summed E-state index contributed by atoms with van der Waals surface area (Å²) in [5.41, 5.74) is 0. The largest absolute Gasteiger partial charge is 0.394 e. The normalized spacial score (nSPS) is 12.7. The van der Waals surface area contributed by atoms with Crippen molar-refractivity contribution in [3.63, 3.8) is 0 Å². The molecule has 0 aliphatic carbocycles. The van der Waals surface area contributed by atoms with Crippen molar-refractivity contribution < 1.29 is 15.0 Å². The number of hydrogen-bond acceptors (Lipinski definition) is 3. The van der Waals surface area contributed by atoms with E-state index in [4.69, 9.17) is 0 Å². The second kappa shape index (κ2) is 57.4. The molecule has 0 bridgehead atoms. The van der Waals surface area contributed by atoms with Crippen LogP contribution in [0.4, 0.5) is 0 Å². The summed E-state index contributed by atoms with van der Waals surface area (Å²) >= 11 is 0. The van der Waals surface area contributed by atoms with Gasteiger partial charge in [-0.25, -0.2) is 0 Å². The lowest BCUT2D eigenvalue weighted by Crippen LogP contribution is -2.45. The van der Waals surface area contributed by atoms with Gasteiger partial charge in [-0.15, -0.1) is 0 Å². The van der Waals surface area contributed by atoms with E-state index in [2.05, 4.69) is 19.2 Å². The van der Waals surface area contributed by atoms with Crippen molar-refractivity contribution in [1.82, 2.24) is 5.32 Å². The first-order chi connectivity index (χ1) is 32.2. The maximum atomic E-state index is 12.5. The van der Waals surface area contributed by atoms with E-state index in [-0.39, 0.29) is 12.5 Å². The first-order valence-electron chi connectivity index (χ1n) is 30.4. The average Bonchev–Trinajstić information content (AvgIpc) is 3.31. The Bertz CT molecular complexity index is 905. The molecule has 0 aliphatic rings.